The van der Waals surface area contributed by atoms with Crippen molar-refractivity contribution < 1.29 is 22.4 Å². The molecule has 2 rings (SSSR count). The Labute approximate surface area is 90.7 Å². The molecule has 0 saturated heterocycles. The molecular formula is C7H7AgN5+. The Bertz CT molecular complexity index is 355. The van der Waals surface area contributed by atoms with Gasteiger partial charge in [-0.3, -0.25) is 4.98 Å². The van der Waals surface area contributed by atoms with Gasteiger partial charge in [0, 0.05) is 5.69 Å². The van der Waals surface area contributed by atoms with Gasteiger partial charge in [-0.05, 0) is 24.3 Å². The zero-order chi connectivity index (χ0) is 8.39. The van der Waals surface area contributed by atoms with Gasteiger partial charge >= 0.3 is 22.4 Å². The van der Waals surface area contributed by atoms with Gasteiger partial charge in [-0.1, -0.05) is 0 Å². The van der Waals surface area contributed by atoms with Crippen LogP contribution in [0, 0.1) is 6.92 Å². The van der Waals surface area contributed by atoms with Crippen molar-refractivity contribution in [1.82, 2.24) is 25.2 Å². The first-order valence-electron chi connectivity index (χ1n) is 3.52. The minimum Gasteiger partial charge on any atom is -0.259 e. The molecule has 6 heteroatoms. The number of pyridine rings is 1. The molecule has 0 aliphatic heterocycles. The number of aryl methyl sites for hydroxylation is 1. The summed E-state index contributed by atoms with van der Waals surface area (Å²) in [5.41, 5.74) is 1.79. The molecule has 0 unspecified atom stereocenters. The summed E-state index contributed by atoms with van der Waals surface area (Å²) in [6.45, 7) is 1.93. The Morgan fingerprint density at radius 2 is 2.15 bits per heavy atom. The van der Waals surface area contributed by atoms with Gasteiger partial charge in [0.05, 0.1) is 6.20 Å². The average molecular weight is 269 g/mol. The number of hydrogen-bond donors (Lipinski definition) is 0. The fourth-order valence-electron chi connectivity index (χ4n) is 0.864. The molecule has 70 valence electrons. The molecule has 2 aromatic rings. The number of rotatable bonds is 1. The van der Waals surface area contributed by atoms with E-state index in [-0.39, 0.29) is 22.4 Å². The molecule has 0 N–H and O–H groups in total. The van der Waals surface area contributed by atoms with E-state index in [2.05, 4.69) is 20.4 Å². The quantitative estimate of drug-likeness (QED) is 0.701. The van der Waals surface area contributed by atoms with Crippen molar-refractivity contribution in [2.75, 3.05) is 0 Å². The second kappa shape index (κ2) is 4.27. The van der Waals surface area contributed by atoms with Gasteiger partial charge in [0.2, 0.25) is 0 Å². The molecule has 0 spiro atoms. The van der Waals surface area contributed by atoms with E-state index >= 15 is 0 Å². The summed E-state index contributed by atoms with van der Waals surface area (Å²) in [7, 11) is 0. The Morgan fingerprint density at radius 3 is 2.69 bits per heavy atom. The topological polar surface area (TPSA) is 56.5 Å². The molecule has 0 fully saturated rings. The third kappa shape index (κ3) is 2.21. The molecule has 0 bridgehead atoms. The van der Waals surface area contributed by atoms with Crippen LogP contribution in [-0.4, -0.2) is 25.2 Å². The van der Waals surface area contributed by atoms with Gasteiger partial charge in [0.25, 0.3) is 0 Å². The van der Waals surface area contributed by atoms with E-state index in [0.29, 0.717) is 0 Å². The summed E-state index contributed by atoms with van der Waals surface area (Å²) in [5.74, 6) is 0. The van der Waals surface area contributed by atoms with Crippen LogP contribution < -0.4 is 0 Å². The standard InChI is InChI=1S/C7H7N5.Ag/c1-6-2-3-7(4-8-6)12-10-5-9-11-12;/h2-5H,1H3;/q;+1. The minimum atomic E-state index is 0. The number of hydrogen-bond acceptors (Lipinski definition) is 4. The van der Waals surface area contributed by atoms with E-state index in [4.69, 9.17) is 0 Å². The number of aromatic nitrogens is 5. The second-order valence-corrected chi connectivity index (χ2v) is 2.38. The molecule has 5 nitrogen and oxygen atoms in total. The summed E-state index contributed by atoms with van der Waals surface area (Å²) in [6, 6.07) is 3.79. The molecule has 0 aromatic carbocycles. The molecule has 0 aliphatic carbocycles. The molecular weight excluding hydrogens is 262 g/mol. The molecule has 0 saturated carbocycles. The molecule has 2 heterocycles. The first-order valence-corrected chi connectivity index (χ1v) is 3.52. The summed E-state index contributed by atoms with van der Waals surface area (Å²) in [5, 5.41) is 11.2. The van der Waals surface area contributed by atoms with Crippen molar-refractivity contribution in [3.05, 3.63) is 30.4 Å². The first-order chi connectivity index (χ1) is 5.86. The Morgan fingerprint density at radius 1 is 1.31 bits per heavy atom. The van der Waals surface area contributed by atoms with E-state index in [1.807, 2.05) is 19.1 Å². The van der Waals surface area contributed by atoms with E-state index in [9.17, 15) is 0 Å². The third-order valence-corrected chi connectivity index (χ3v) is 1.48. The molecule has 13 heavy (non-hydrogen) atoms. The predicted octanol–water partition coefficient (Wildman–Crippen LogP) is 0.363. The maximum atomic E-state index is 4.11. The van der Waals surface area contributed by atoms with Crippen LogP contribution in [0.5, 0.6) is 0 Å². The smallest absolute Gasteiger partial charge is 0.259 e. The minimum absolute atomic E-state index is 0. The molecule has 2 aromatic heterocycles. The van der Waals surface area contributed by atoms with Crippen LogP contribution in [0.2, 0.25) is 0 Å². The Hall–Kier alpha value is -1.04. The van der Waals surface area contributed by atoms with E-state index < -0.39 is 0 Å². The van der Waals surface area contributed by atoms with Crippen molar-refractivity contribution in [2.24, 2.45) is 0 Å². The third-order valence-electron chi connectivity index (χ3n) is 1.48. The molecule has 0 aliphatic rings. The van der Waals surface area contributed by atoms with E-state index in [0.717, 1.165) is 11.4 Å². The van der Waals surface area contributed by atoms with Crippen LogP contribution in [0.4, 0.5) is 0 Å². The predicted molar refractivity (Wildman–Crippen MR) is 41.7 cm³/mol. The zero-order valence-electron chi connectivity index (χ0n) is 6.85. The van der Waals surface area contributed by atoms with Crippen molar-refractivity contribution in [1.29, 1.82) is 0 Å². The average Bonchev–Trinajstić information content (AvgIpc) is 2.58. The van der Waals surface area contributed by atoms with E-state index in [1.54, 1.807) is 6.20 Å². The van der Waals surface area contributed by atoms with Gasteiger partial charge in [-0.15, -0.1) is 15.0 Å². The van der Waals surface area contributed by atoms with Gasteiger partial charge < -0.3 is 0 Å². The van der Waals surface area contributed by atoms with Crippen LogP contribution in [0.3, 0.4) is 0 Å². The summed E-state index contributed by atoms with van der Waals surface area (Å²) < 4.78 is 0. The number of nitrogens with zero attached hydrogens (tertiary/aromatic N) is 5. The van der Waals surface area contributed by atoms with E-state index in [1.165, 1.54) is 11.1 Å². The van der Waals surface area contributed by atoms with Crippen LogP contribution in [-0.2, 0) is 22.4 Å². The monoisotopic (exact) mass is 268 g/mol. The molecule has 0 atom stereocenters. The summed E-state index contributed by atoms with van der Waals surface area (Å²) >= 11 is 0. The fraction of sp³-hybridized carbons (Fsp3) is 0.143. The van der Waals surface area contributed by atoms with Gasteiger partial charge in [0.1, 0.15) is 5.69 Å². The summed E-state index contributed by atoms with van der Waals surface area (Å²) in [6.07, 6.45) is 3.09. The molecule has 0 radical (unpaired) electrons. The van der Waals surface area contributed by atoms with Crippen LogP contribution in [0.1, 0.15) is 5.69 Å². The van der Waals surface area contributed by atoms with Gasteiger partial charge in [-0.25, -0.2) is 0 Å². The van der Waals surface area contributed by atoms with Crippen molar-refractivity contribution >= 4 is 0 Å². The van der Waals surface area contributed by atoms with Crippen molar-refractivity contribution in [2.45, 2.75) is 6.92 Å². The zero-order valence-corrected chi connectivity index (χ0v) is 8.33. The number of tetrazole rings is 1. The molecule has 0 amide bonds. The maximum absolute atomic E-state index is 4.11. The van der Waals surface area contributed by atoms with Crippen molar-refractivity contribution in [3.8, 4) is 5.69 Å². The largest absolute Gasteiger partial charge is 1.00 e. The van der Waals surface area contributed by atoms with Gasteiger partial charge in [0.15, 0.2) is 6.33 Å². The second-order valence-electron chi connectivity index (χ2n) is 2.38. The summed E-state index contributed by atoms with van der Waals surface area (Å²) in [4.78, 5) is 5.53. The van der Waals surface area contributed by atoms with Crippen LogP contribution in [0.15, 0.2) is 24.7 Å². The van der Waals surface area contributed by atoms with Crippen LogP contribution >= 0.6 is 0 Å². The normalized spacial score (nSPS) is 9.31. The van der Waals surface area contributed by atoms with Crippen LogP contribution in [0.25, 0.3) is 5.69 Å². The maximum Gasteiger partial charge on any atom is 1.00 e. The Kier molecular flexibility index (Phi) is 3.30. The SMILES string of the molecule is Cc1ccc(-n2ncnn2)cn1.[Ag+]. The fourth-order valence-corrected chi connectivity index (χ4v) is 0.864. The Balaban J connectivity index is 0.000000845. The van der Waals surface area contributed by atoms with Gasteiger partial charge in [-0.2, -0.15) is 0 Å². The first kappa shape index (κ1) is 10.0. The van der Waals surface area contributed by atoms with Crippen molar-refractivity contribution in [3.63, 3.8) is 0 Å².